The minimum absolute atomic E-state index is 0.481. The average molecular weight is 279 g/mol. The van der Waals surface area contributed by atoms with Crippen LogP contribution in [-0.2, 0) is 6.54 Å². The summed E-state index contributed by atoms with van der Waals surface area (Å²) < 4.78 is 0. The summed E-state index contributed by atoms with van der Waals surface area (Å²) >= 11 is 0. The van der Waals surface area contributed by atoms with Crippen LogP contribution in [0.15, 0.2) is 60.8 Å². The normalized spacial score (nSPS) is 12.4. The highest BCUT2D eigenvalue weighted by Gasteiger charge is 2.07. The van der Waals surface area contributed by atoms with E-state index in [9.17, 15) is 5.11 Å². The van der Waals surface area contributed by atoms with Crippen molar-refractivity contribution in [3.05, 3.63) is 72.1 Å². The molecule has 3 rings (SSSR count). The highest BCUT2D eigenvalue weighted by molar-refractivity contribution is 5.83. The highest BCUT2D eigenvalue weighted by atomic mass is 16.3. The Labute approximate surface area is 123 Å². The molecular weight excluding hydrogens is 262 g/mol. The van der Waals surface area contributed by atoms with E-state index < -0.39 is 6.10 Å². The summed E-state index contributed by atoms with van der Waals surface area (Å²) in [6, 6.07) is 17.9. The Morgan fingerprint density at radius 2 is 1.86 bits per heavy atom. The van der Waals surface area contributed by atoms with Gasteiger partial charge in [0.25, 0.3) is 0 Å². The zero-order valence-electron chi connectivity index (χ0n) is 11.6. The van der Waals surface area contributed by atoms with Gasteiger partial charge < -0.3 is 10.4 Å². The van der Waals surface area contributed by atoms with Crippen molar-refractivity contribution in [3.8, 4) is 0 Å². The molecule has 1 heterocycles. The van der Waals surface area contributed by atoms with Crippen LogP contribution in [-0.4, -0.2) is 21.8 Å². The molecule has 1 atom stereocenters. The number of benzene rings is 2. The van der Waals surface area contributed by atoms with E-state index in [-0.39, 0.29) is 0 Å². The minimum atomic E-state index is -0.536. The molecular formula is C17H17N3O. The Bertz CT molecular complexity index is 715. The maximum Gasteiger partial charge on any atom is 0.0914 e. The lowest BCUT2D eigenvalue weighted by Gasteiger charge is -2.12. The van der Waals surface area contributed by atoms with E-state index in [2.05, 4.69) is 27.6 Å². The Balaban J connectivity index is 1.62. The molecule has 1 aromatic heterocycles. The van der Waals surface area contributed by atoms with Crippen molar-refractivity contribution in [2.45, 2.75) is 12.6 Å². The summed E-state index contributed by atoms with van der Waals surface area (Å²) in [5.74, 6) is 0. The van der Waals surface area contributed by atoms with Crippen LogP contribution in [0.2, 0.25) is 0 Å². The van der Waals surface area contributed by atoms with Crippen molar-refractivity contribution in [2.24, 2.45) is 0 Å². The standard InChI is InChI=1S/C17H17N3O/c21-17(12-18-11-16-6-3-9-19-20-16)15-8-7-13-4-1-2-5-14(13)10-15/h1-10,17-18,21H,11-12H2. The molecule has 0 spiro atoms. The SMILES string of the molecule is OC(CNCc1cccnn1)c1ccc2ccccc2c1. The molecule has 4 nitrogen and oxygen atoms in total. The Morgan fingerprint density at radius 1 is 1.00 bits per heavy atom. The fourth-order valence-electron chi connectivity index (χ4n) is 2.30. The van der Waals surface area contributed by atoms with Crippen LogP contribution in [0.25, 0.3) is 10.8 Å². The summed E-state index contributed by atoms with van der Waals surface area (Å²) in [4.78, 5) is 0. The minimum Gasteiger partial charge on any atom is -0.387 e. The number of hydrogen-bond acceptors (Lipinski definition) is 4. The molecule has 3 aromatic rings. The van der Waals surface area contributed by atoms with Crippen LogP contribution in [0.3, 0.4) is 0 Å². The molecule has 0 bridgehead atoms. The van der Waals surface area contributed by atoms with Gasteiger partial charge in [-0.05, 0) is 34.5 Å². The molecule has 0 saturated heterocycles. The first-order valence-corrected chi connectivity index (χ1v) is 6.97. The molecule has 4 heteroatoms. The fourth-order valence-corrected chi connectivity index (χ4v) is 2.30. The number of aliphatic hydroxyl groups excluding tert-OH is 1. The van der Waals surface area contributed by atoms with Crippen molar-refractivity contribution < 1.29 is 5.11 Å². The number of aromatic nitrogens is 2. The second-order valence-corrected chi connectivity index (χ2v) is 4.97. The number of nitrogens with zero attached hydrogens (tertiary/aromatic N) is 2. The highest BCUT2D eigenvalue weighted by Crippen LogP contribution is 2.20. The van der Waals surface area contributed by atoms with E-state index in [4.69, 9.17) is 0 Å². The summed E-state index contributed by atoms with van der Waals surface area (Å²) in [6.07, 6.45) is 1.11. The molecule has 0 saturated carbocycles. The van der Waals surface area contributed by atoms with Crippen LogP contribution in [0.5, 0.6) is 0 Å². The van der Waals surface area contributed by atoms with E-state index >= 15 is 0 Å². The smallest absolute Gasteiger partial charge is 0.0914 e. The van der Waals surface area contributed by atoms with Gasteiger partial charge in [0.05, 0.1) is 11.8 Å². The van der Waals surface area contributed by atoms with E-state index in [1.165, 1.54) is 5.39 Å². The summed E-state index contributed by atoms with van der Waals surface area (Å²) in [6.45, 7) is 1.08. The number of nitrogens with one attached hydrogen (secondary N) is 1. The van der Waals surface area contributed by atoms with Gasteiger partial charge in [0.2, 0.25) is 0 Å². The molecule has 21 heavy (non-hydrogen) atoms. The summed E-state index contributed by atoms with van der Waals surface area (Å²) in [7, 11) is 0. The molecule has 0 amide bonds. The summed E-state index contributed by atoms with van der Waals surface area (Å²) in [5.41, 5.74) is 1.78. The second-order valence-electron chi connectivity index (χ2n) is 4.97. The van der Waals surface area contributed by atoms with Gasteiger partial charge in [-0.15, -0.1) is 0 Å². The largest absolute Gasteiger partial charge is 0.387 e. The maximum absolute atomic E-state index is 10.3. The number of hydrogen-bond donors (Lipinski definition) is 2. The van der Waals surface area contributed by atoms with Crippen molar-refractivity contribution in [3.63, 3.8) is 0 Å². The van der Waals surface area contributed by atoms with Crippen molar-refractivity contribution in [1.82, 2.24) is 15.5 Å². The third-order valence-electron chi connectivity index (χ3n) is 3.43. The lowest BCUT2D eigenvalue weighted by atomic mass is 10.0. The molecule has 2 aromatic carbocycles. The number of rotatable bonds is 5. The lowest BCUT2D eigenvalue weighted by molar-refractivity contribution is 0.174. The zero-order valence-corrected chi connectivity index (χ0v) is 11.6. The molecule has 0 aliphatic heterocycles. The Morgan fingerprint density at radius 3 is 2.67 bits per heavy atom. The van der Waals surface area contributed by atoms with Crippen molar-refractivity contribution in [2.75, 3.05) is 6.54 Å². The third-order valence-corrected chi connectivity index (χ3v) is 3.43. The van der Waals surface area contributed by atoms with Crippen molar-refractivity contribution in [1.29, 1.82) is 0 Å². The molecule has 106 valence electrons. The van der Waals surface area contributed by atoms with Gasteiger partial charge in [-0.1, -0.05) is 36.4 Å². The first-order valence-electron chi connectivity index (χ1n) is 6.97. The predicted molar refractivity (Wildman–Crippen MR) is 82.6 cm³/mol. The van der Waals surface area contributed by atoms with Gasteiger partial charge in [0.1, 0.15) is 0 Å². The molecule has 0 aliphatic rings. The molecule has 0 radical (unpaired) electrons. The number of fused-ring (bicyclic) bond motifs is 1. The van der Waals surface area contributed by atoms with Gasteiger partial charge in [0.15, 0.2) is 0 Å². The van der Waals surface area contributed by atoms with Gasteiger partial charge in [-0.25, -0.2) is 0 Å². The Kier molecular flexibility index (Phi) is 4.19. The quantitative estimate of drug-likeness (QED) is 0.753. The monoisotopic (exact) mass is 279 g/mol. The van der Waals surface area contributed by atoms with Crippen LogP contribution >= 0.6 is 0 Å². The van der Waals surface area contributed by atoms with Crippen LogP contribution < -0.4 is 5.32 Å². The molecule has 0 aliphatic carbocycles. The fraction of sp³-hybridized carbons (Fsp3) is 0.176. The number of aliphatic hydroxyl groups is 1. The first-order chi connectivity index (χ1) is 10.3. The van der Waals surface area contributed by atoms with E-state index in [0.717, 1.165) is 16.6 Å². The summed E-state index contributed by atoms with van der Waals surface area (Å²) in [5, 5.41) is 23.6. The van der Waals surface area contributed by atoms with Gasteiger partial charge in [-0.2, -0.15) is 10.2 Å². The van der Waals surface area contributed by atoms with Gasteiger partial charge >= 0.3 is 0 Å². The van der Waals surface area contributed by atoms with Crippen LogP contribution in [0, 0.1) is 0 Å². The molecule has 1 unspecified atom stereocenters. The topological polar surface area (TPSA) is 58.0 Å². The van der Waals surface area contributed by atoms with Crippen molar-refractivity contribution >= 4 is 10.8 Å². The first kappa shape index (κ1) is 13.7. The van der Waals surface area contributed by atoms with E-state index in [1.54, 1.807) is 6.20 Å². The van der Waals surface area contributed by atoms with Gasteiger partial charge in [0, 0.05) is 19.3 Å². The average Bonchev–Trinajstić information content (AvgIpc) is 2.55. The van der Waals surface area contributed by atoms with Gasteiger partial charge in [-0.3, -0.25) is 0 Å². The second kappa shape index (κ2) is 6.43. The van der Waals surface area contributed by atoms with Crippen LogP contribution in [0.4, 0.5) is 0 Å². The third kappa shape index (κ3) is 3.42. The van der Waals surface area contributed by atoms with E-state index in [1.807, 2.05) is 42.5 Å². The maximum atomic E-state index is 10.3. The molecule has 2 N–H and O–H groups in total. The van der Waals surface area contributed by atoms with E-state index in [0.29, 0.717) is 13.1 Å². The predicted octanol–water partition coefficient (Wildman–Crippen LogP) is 2.45. The Hall–Kier alpha value is -2.30. The molecule has 0 fully saturated rings. The zero-order chi connectivity index (χ0) is 14.5. The lowest BCUT2D eigenvalue weighted by Crippen LogP contribution is -2.21. The van der Waals surface area contributed by atoms with Crippen LogP contribution in [0.1, 0.15) is 17.4 Å².